The summed E-state index contributed by atoms with van der Waals surface area (Å²) in [6, 6.07) is 16.4. The molecular weight excluding hydrogens is 330 g/mol. The number of pyridine rings is 1. The lowest BCUT2D eigenvalue weighted by molar-refractivity contribution is -0.132. The van der Waals surface area contributed by atoms with Crippen LogP contribution in [0.25, 0.3) is 23.1 Å². The van der Waals surface area contributed by atoms with Gasteiger partial charge in [-0.15, -0.1) is 0 Å². The summed E-state index contributed by atoms with van der Waals surface area (Å²) in [6.45, 7) is 2.73. The van der Waals surface area contributed by atoms with Gasteiger partial charge < -0.3 is 9.47 Å². The van der Waals surface area contributed by atoms with Crippen LogP contribution < -0.4 is 9.47 Å². The molecule has 0 aliphatic carbocycles. The largest absolute Gasteiger partial charge is 0.427 e. The van der Waals surface area contributed by atoms with Crippen LogP contribution in [0.1, 0.15) is 25.1 Å². The molecule has 1 heterocycles. The van der Waals surface area contributed by atoms with Crippen molar-refractivity contribution in [3.8, 4) is 11.5 Å². The van der Waals surface area contributed by atoms with Gasteiger partial charge in [0.15, 0.2) is 5.75 Å². The van der Waals surface area contributed by atoms with Crippen LogP contribution in [0, 0.1) is 0 Å². The number of fused-ring (bicyclic) bond motifs is 1. The smallest absolute Gasteiger partial charge is 0.308 e. The molecule has 0 atom stereocenters. The third-order valence-electron chi connectivity index (χ3n) is 3.55. The molecule has 0 aliphatic heterocycles. The molecule has 0 N–H and O–H groups in total. The monoisotopic (exact) mass is 347 g/mol. The maximum Gasteiger partial charge on any atom is 0.308 e. The van der Waals surface area contributed by atoms with Crippen LogP contribution in [-0.2, 0) is 9.59 Å². The minimum atomic E-state index is -0.381. The van der Waals surface area contributed by atoms with E-state index in [-0.39, 0.29) is 11.9 Å². The van der Waals surface area contributed by atoms with Crippen LogP contribution in [0.5, 0.6) is 11.5 Å². The van der Waals surface area contributed by atoms with E-state index in [1.807, 2.05) is 48.6 Å². The number of para-hydroxylation sites is 1. The number of hydrogen-bond donors (Lipinski definition) is 0. The second-order valence-electron chi connectivity index (χ2n) is 5.65. The van der Waals surface area contributed by atoms with Crippen LogP contribution in [0.3, 0.4) is 0 Å². The lowest BCUT2D eigenvalue weighted by atomic mass is 10.1. The van der Waals surface area contributed by atoms with E-state index >= 15 is 0 Å². The summed E-state index contributed by atoms with van der Waals surface area (Å²) in [5, 5.41) is 0.895. The summed E-state index contributed by atoms with van der Waals surface area (Å²) >= 11 is 0. The third-order valence-corrected chi connectivity index (χ3v) is 3.55. The molecule has 26 heavy (non-hydrogen) atoms. The average molecular weight is 347 g/mol. The van der Waals surface area contributed by atoms with Crippen LogP contribution in [-0.4, -0.2) is 16.9 Å². The van der Waals surface area contributed by atoms with Gasteiger partial charge in [-0.3, -0.25) is 9.59 Å². The van der Waals surface area contributed by atoms with E-state index in [9.17, 15) is 9.59 Å². The van der Waals surface area contributed by atoms with Crippen LogP contribution in [0.15, 0.2) is 54.6 Å². The number of carbonyl (C=O) groups excluding carboxylic acids is 2. The number of benzene rings is 2. The van der Waals surface area contributed by atoms with Crippen molar-refractivity contribution in [1.82, 2.24) is 4.98 Å². The highest BCUT2D eigenvalue weighted by Crippen LogP contribution is 2.24. The summed E-state index contributed by atoms with van der Waals surface area (Å²) < 4.78 is 10.2. The van der Waals surface area contributed by atoms with Gasteiger partial charge in [0.05, 0.1) is 5.69 Å². The Kier molecular flexibility index (Phi) is 5.08. The molecule has 0 bridgehead atoms. The Labute approximate surface area is 150 Å². The van der Waals surface area contributed by atoms with Gasteiger partial charge in [0, 0.05) is 19.2 Å². The fourth-order valence-electron chi connectivity index (χ4n) is 2.46. The van der Waals surface area contributed by atoms with E-state index in [0.29, 0.717) is 17.0 Å². The van der Waals surface area contributed by atoms with Crippen LogP contribution >= 0.6 is 0 Å². The van der Waals surface area contributed by atoms with Crippen molar-refractivity contribution in [3.63, 3.8) is 0 Å². The van der Waals surface area contributed by atoms with Gasteiger partial charge in [0.1, 0.15) is 11.3 Å². The zero-order chi connectivity index (χ0) is 18.5. The van der Waals surface area contributed by atoms with Gasteiger partial charge in [0.2, 0.25) is 0 Å². The number of rotatable bonds is 4. The lowest BCUT2D eigenvalue weighted by Crippen LogP contribution is -2.02. The molecule has 0 unspecified atom stereocenters. The van der Waals surface area contributed by atoms with Gasteiger partial charge in [-0.1, -0.05) is 36.4 Å². The number of nitrogens with zero attached hydrogens (tertiary/aromatic N) is 1. The first-order valence-electron chi connectivity index (χ1n) is 8.06. The van der Waals surface area contributed by atoms with Crippen molar-refractivity contribution < 1.29 is 19.1 Å². The number of aromatic nitrogens is 1. The number of hydrogen-bond acceptors (Lipinski definition) is 5. The zero-order valence-corrected chi connectivity index (χ0v) is 14.4. The van der Waals surface area contributed by atoms with Crippen LogP contribution in [0.2, 0.25) is 0 Å². The maximum absolute atomic E-state index is 11.3. The molecule has 3 rings (SSSR count). The highest BCUT2D eigenvalue weighted by Gasteiger charge is 2.06. The van der Waals surface area contributed by atoms with Crippen LogP contribution in [0.4, 0.5) is 0 Å². The molecule has 0 aliphatic rings. The molecule has 0 spiro atoms. The fourth-order valence-corrected chi connectivity index (χ4v) is 2.46. The van der Waals surface area contributed by atoms with Crippen molar-refractivity contribution in [1.29, 1.82) is 0 Å². The summed E-state index contributed by atoms with van der Waals surface area (Å²) in [5.41, 5.74) is 2.31. The minimum absolute atomic E-state index is 0.350. The average Bonchev–Trinajstić information content (AvgIpc) is 2.60. The van der Waals surface area contributed by atoms with E-state index in [2.05, 4.69) is 4.98 Å². The quantitative estimate of drug-likeness (QED) is 0.521. The Hall–Kier alpha value is -3.47. The standard InChI is InChI=1S/C21H17NO4/c1-14(23)25-19-12-7-16(8-13-19)6-10-18-11-9-17-4-3-5-20(21(17)22-18)26-15(2)24/h3-13H,1-2H3/b10-6+. The molecular formula is C21H17NO4. The lowest BCUT2D eigenvalue weighted by Gasteiger charge is -2.06. The number of carbonyl (C=O) groups is 2. The Morgan fingerprint density at radius 3 is 2.27 bits per heavy atom. The van der Waals surface area contributed by atoms with Crippen molar-refractivity contribution in [2.45, 2.75) is 13.8 Å². The minimum Gasteiger partial charge on any atom is -0.427 e. The Morgan fingerprint density at radius 1 is 0.846 bits per heavy atom. The third kappa shape index (κ3) is 4.33. The predicted molar refractivity (Wildman–Crippen MR) is 99.7 cm³/mol. The van der Waals surface area contributed by atoms with E-state index < -0.39 is 0 Å². The molecule has 0 radical (unpaired) electrons. The Balaban J connectivity index is 1.85. The Bertz CT molecular complexity index is 991. The second-order valence-corrected chi connectivity index (χ2v) is 5.65. The van der Waals surface area contributed by atoms with E-state index in [0.717, 1.165) is 16.6 Å². The highest BCUT2D eigenvalue weighted by atomic mass is 16.5. The summed E-state index contributed by atoms with van der Waals surface area (Å²) in [4.78, 5) is 26.8. The molecule has 0 amide bonds. The predicted octanol–water partition coefficient (Wildman–Crippen LogP) is 4.26. The van der Waals surface area contributed by atoms with Gasteiger partial charge in [-0.05, 0) is 35.9 Å². The van der Waals surface area contributed by atoms with Gasteiger partial charge in [-0.2, -0.15) is 0 Å². The van der Waals surface area contributed by atoms with E-state index in [1.165, 1.54) is 13.8 Å². The molecule has 0 saturated heterocycles. The van der Waals surface area contributed by atoms with Crippen molar-refractivity contribution in [2.75, 3.05) is 0 Å². The number of esters is 2. The van der Waals surface area contributed by atoms with E-state index in [4.69, 9.17) is 9.47 Å². The second kappa shape index (κ2) is 7.61. The summed E-state index contributed by atoms with van der Waals surface area (Å²) in [6.07, 6.45) is 3.77. The molecule has 2 aromatic carbocycles. The van der Waals surface area contributed by atoms with Gasteiger partial charge >= 0.3 is 11.9 Å². The normalized spacial score (nSPS) is 10.8. The molecule has 130 valence electrons. The summed E-state index contributed by atoms with van der Waals surface area (Å²) in [5.74, 6) is 0.214. The molecule has 5 nitrogen and oxygen atoms in total. The van der Waals surface area contributed by atoms with E-state index in [1.54, 1.807) is 18.2 Å². The summed E-state index contributed by atoms with van der Waals surface area (Å²) in [7, 11) is 0. The highest BCUT2D eigenvalue weighted by molar-refractivity contribution is 5.88. The molecule has 1 aromatic heterocycles. The van der Waals surface area contributed by atoms with Crippen molar-refractivity contribution in [2.24, 2.45) is 0 Å². The zero-order valence-electron chi connectivity index (χ0n) is 14.4. The van der Waals surface area contributed by atoms with Crippen molar-refractivity contribution in [3.05, 3.63) is 65.9 Å². The SMILES string of the molecule is CC(=O)Oc1ccc(/C=C/c2ccc3cccc(OC(C)=O)c3n2)cc1. The first-order valence-corrected chi connectivity index (χ1v) is 8.06. The maximum atomic E-state index is 11.3. The molecule has 0 saturated carbocycles. The molecule has 5 heteroatoms. The first-order chi connectivity index (χ1) is 12.5. The first kappa shape index (κ1) is 17.4. The van der Waals surface area contributed by atoms with Gasteiger partial charge in [-0.25, -0.2) is 4.98 Å². The molecule has 3 aromatic rings. The molecule has 0 fully saturated rings. The van der Waals surface area contributed by atoms with Gasteiger partial charge in [0.25, 0.3) is 0 Å². The number of ether oxygens (including phenoxy) is 2. The fraction of sp³-hybridized carbons (Fsp3) is 0.0952. The topological polar surface area (TPSA) is 65.5 Å². The van der Waals surface area contributed by atoms with Crippen molar-refractivity contribution >= 4 is 35.0 Å². The Morgan fingerprint density at radius 2 is 1.58 bits per heavy atom.